The van der Waals surface area contributed by atoms with Gasteiger partial charge in [-0.05, 0) is 30.3 Å². The Kier molecular flexibility index (Phi) is 5.16. The van der Waals surface area contributed by atoms with Gasteiger partial charge in [-0.25, -0.2) is 16.8 Å². The van der Waals surface area contributed by atoms with Gasteiger partial charge in [-0.15, -0.1) is 0 Å². The molecular formula is C18H19NO6S2. The number of hydrogen-bond acceptors (Lipinski definition) is 6. The summed E-state index contributed by atoms with van der Waals surface area (Å²) >= 11 is 0. The minimum absolute atomic E-state index is 0.106. The third-order valence-corrected chi connectivity index (χ3v) is 7.38. The summed E-state index contributed by atoms with van der Waals surface area (Å²) < 4.78 is 62.4. The summed E-state index contributed by atoms with van der Waals surface area (Å²) in [5.41, 5.74) is 0.356. The molecule has 7 nitrogen and oxygen atoms in total. The highest BCUT2D eigenvalue weighted by Gasteiger charge is 2.37. The van der Waals surface area contributed by atoms with Crippen LogP contribution in [0.3, 0.4) is 0 Å². The lowest BCUT2D eigenvalue weighted by Gasteiger charge is -2.29. The standard InChI is InChI=1S/C18H19NO6S2/c1-24-16-8-9-17(25-2)18(12-16)27(22,23)19(14-6-4-3-5-7-14)15-10-11-26(20,21)13-15/h3-12,15H,13H2,1-2H3/t15-/m1/s1. The van der Waals surface area contributed by atoms with Crippen molar-refractivity contribution in [1.82, 2.24) is 0 Å². The van der Waals surface area contributed by atoms with E-state index < -0.39 is 25.9 Å². The van der Waals surface area contributed by atoms with E-state index in [4.69, 9.17) is 9.47 Å². The summed E-state index contributed by atoms with van der Waals surface area (Å²) in [4.78, 5) is -0.106. The molecule has 144 valence electrons. The van der Waals surface area contributed by atoms with Crippen molar-refractivity contribution in [3.05, 3.63) is 60.0 Å². The fourth-order valence-corrected chi connectivity index (χ4v) is 6.03. The molecule has 0 N–H and O–H groups in total. The molecule has 2 aromatic rings. The predicted molar refractivity (Wildman–Crippen MR) is 102 cm³/mol. The van der Waals surface area contributed by atoms with Crippen LogP contribution in [0.15, 0.2) is 64.9 Å². The fourth-order valence-electron chi connectivity index (χ4n) is 2.88. The van der Waals surface area contributed by atoms with Crippen LogP contribution >= 0.6 is 0 Å². The van der Waals surface area contributed by atoms with Crippen LogP contribution in [0.5, 0.6) is 11.5 Å². The van der Waals surface area contributed by atoms with Crippen molar-refractivity contribution >= 4 is 25.5 Å². The van der Waals surface area contributed by atoms with Crippen LogP contribution in [-0.4, -0.2) is 42.8 Å². The quantitative estimate of drug-likeness (QED) is 0.727. The van der Waals surface area contributed by atoms with Crippen molar-refractivity contribution < 1.29 is 26.3 Å². The first-order valence-corrected chi connectivity index (χ1v) is 11.2. The lowest BCUT2D eigenvalue weighted by Crippen LogP contribution is -2.41. The van der Waals surface area contributed by atoms with Crippen LogP contribution < -0.4 is 13.8 Å². The maximum Gasteiger partial charge on any atom is 0.268 e. The largest absolute Gasteiger partial charge is 0.497 e. The molecule has 27 heavy (non-hydrogen) atoms. The normalized spacial score (nSPS) is 18.2. The summed E-state index contributed by atoms with van der Waals surface area (Å²) in [7, 11) is -4.81. The van der Waals surface area contributed by atoms with E-state index in [1.165, 1.54) is 32.4 Å². The molecule has 1 aliphatic heterocycles. The molecule has 2 aromatic carbocycles. The molecule has 1 atom stereocenters. The molecule has 1 heterocycles. The monoisotopic (exact) mass is 409 g/mol. The number of para-hydroxylation sites is 1. The summed E-state index contributed by atoms with van der Waals surface area (Å²) in [6.07, 6.45) is 1.38. The van der Waals surface area contributed by atoms with E-state index in [0.29, 0.717) is 11.4 Å². The Morgan fingerprint density at radius 2 is 1.74 bits per heavy atom. The number of sulfonamides is 1. The van der Waals surface area contributed by atoms with Crippen molar-refractivity contribution in [2.24, 2.45) is 0 Å². The van der Waals surface area contributed by atoms with Gasteiger partial charge in [-0.1, -0.05) is 18.2 Å². The van der Waals surface area contributed by atoms with Crippen molar-refractivity contribution in [2.75, 3.05) is 24.3 Å². The van der Waals surface area contributed by atoms with Gasteiger partial charge in [0.15, 0.2) is 9.84 Å². The number of methoxy groups -OCH3 is 2. The van der Waals surface area contributed by atoms with E-state index in [9.17, 15) is 16.8 Å². The highest BCUT2D eigenvalue weighted by atomic mass is 32.2. The molecule has 0 bridgehead atoms. The third kappa shape index (κ3) is 3.79. The maximum atomic E-state index is 13.5. The summed E-state index contributed by atoms with van der Waals surface area (Å²) in [6, 6.07) is 11.9. The van der Waals surface area contributed by atoms with E-state index in [-0.39, 0.29) is 16.4 Å². The molecule has 1 aliphatic rings. The van der Waals surface area contributed by atoms with Crippen LogP contribution in [0.2, 0.25) is 0 Å². The summed E-state index contributed by atoms with van der Waals surface area (Å²) in [6.45, 7) is 0. The molecule has 0 saturated carbocycles. The number of ether oxygens (including phenoxy) is 2. The Labute approximate surface area is 158 Å². The Morgan fingerprint density at radius 3 is 2.30 bits per heavy atom. The second kappa shape index (κ2) is 7.24. The lowest BCUT2D eigenvalue weighted by atomic mass is 10.2. The minimum atomic E-state index is -4.15. The molecule has 3 rings (SSSR count). The first-order chi connectivity index (χ1) is 12.8. The van der Waals surface area contributed by atoms with Crippen LogP contribution in [0.4, 0.5) is 5.69 Å². The second-order valence-corrected chi connectivity index (χ2v) is 9.59. The average Bonchev–Trinajstić information content (AvgIpc) is 3.01. The van der Waals surface area contributed by atoms with Gasteiger partial charge < -0.3 is 9.47 Å². The molecule has 0 aromatic heterocycles. The molecule has 0 unspecified atom stereocenters. The zero-order valence-electron chi connectivity index (χ0n) is 14.8. The summed E-state index contributed by atoms with van der Waals surface area (Å²) in [5.74, 6) is 0.159. The molecule has 0 saturated heterocycles. The Bertz CT molecular complexity index is 1060. The van der Waals surface area contributed by atoms with Gasteiger partial charge in [-0.2, -0.15) is 0 Å². The van der Waals surface area contributed by atoms with Crippen LogP contribution in [0.1, 0.15) is 0 Å². The van der Waals surface area contributed by atoms with Crippen molar-refractivity contribution in [3.63, 3.8) is 0 Å². The molecule has 0 fully saturated rings. The number of benzene rings is 2. The van der Waals surface area contributed by atoms with Gasteiger partial charge in [0.1, 0.15) is 16.4 Å². The minimum Gasteiger partial charge on any atom is -0.497 e. The molecule has 0 radical (unpaired) electrons. The number of rotatable bonds is 6. The van der Waals surface area contributed by atoms with Gasteiger partial charge in [0, 0.05) is 11.5 Å². The smallest absolute Gasteiger partial charge is 0.268 e. The second-order valence-electron chi connectivity index (χ2n) is 5.88. The van der Waals surface area contributed by atoms with E-state index >= 15 is 0 Å². The van der Waals surface area contributed by atoms with Crippen molar-refractivity contribution in [2.45, 2.75) is 10.9 Å². The molecule has 9 heteroatoms. The first-order valence-electron chi connectivity index (χ1n) is 8.01. The number of anilines is 1. The van der Waals surface area contributed by atoms with Crippen molar-refractivity contribution in [3.8, 4) is 11.5 Å². The van der Waals surface area contributed by atoms with Gasteiger partial charge in [0.05, 0.1) is 31.7 Å². The number of hydrogen-bond donors (Lipinski definition) is 0. The Hall–Kier alpha value is -2.52. The number of sulfone groups is 1. The van der Waals surface area contributed by atoms with Gasteiger partial charge in [-0.3, -0.25) is 4.31 Å². The zero-order chi connectivity index (χ0) is 19.7. The molecule has 0 spiro atoms. The SMILES string of the molecule is COc1ccc(OC)c(S(=O)(=O)N(c2ccccc2)[C@@H]2C=CS(=O)(=O)C2)c1. The van der Waals surface area contributed by atoms with Crippen LogP contribution in [-0.2, 0) is 19.9 Å². The average molecular weight is 409 g/mol. The Balaban J connectivity index is 2.19. The fraction of sp³-hybridized carbons (Fsp3) is 0.222. The number of nitrogens with zero attached hydrogens (tertiary/aromatic N) is 1. The van der Waals surface area contributed by atoms with Crippen LogP contribution in [0, 0.1) is 0 Å². The maximum absolute atomic E-state index is 13.5. The highest BCUT2D eigenvalue weighted by molar-refractivity contribution is 7.95. The van der Waals surface area contributed by atoms with E-state index in [0.717, 1.165) is 9.71 Å². The van der Waals surface area contributed by atoms with Gasteiger partial charge >= 0.3 is 0 Å². The summed E-state index contributed by atoms with van der Waals surface area (Å²) in [5, 5.41) is 1.05. The first kappa shape index (κ1) is 19.2. The lowest BCUT2D eigenvalue weighted by molar-refractivity contribution is 0.392. The van der Waals surface area contributed by atoms with E-state index in [1.807, 2.05) is 0 Å². The molecular weight excluding hydrogens is 390 g/mol. The Morgan fingerprint density at radius 1 is 1.04 bits per heavy atom. The van der Waals surface area contributed by atoms with Crippen LogP contribution in [0.25, 0.3) is 0 Å². The third-order valence-electron chi connectivity index (χ3n) is 4.13. The van der Waals surface area contributed by atoms with E-state index in [1.54, 1.807) is 36.4 Å². The molecule has 0 amide bonds. The zero-order valence-corrected chi connectivity index (χ0v) is 16.4. The topological polar surface area (TPSA) is 90.0 Å². The highest BCUT2D eigenvalue weighted by Crippen LogP contribution is 2.35. The van der Waals surface area contributed by atoms with Crippen molar-refractivity contribution in [1.29, 1.82) is 0 Å². The van der Waals surface area contributed by atoms with Gasteiger partial charge in [0.2, 0.25) is 0 Å². The van der Waals surface area contributed by atoms with Gasteiger partial charge in [0.25, 0.3) is 10.0 Å². The predicted octanol–water partition coefficient (Wildman–Crippen LogP) is 2.21. The molecule has 0 aliphatic carbocycles. The van der Waals surface area contributed by atoms with E-state index in [2.05, 4.69) is 0 Å².